The number of carbonyl (C=O) groups is 1. The number of nitrogens with zero attached hydrogens (tertiary/aromatic N) is 3. The van der Waals surface area contributed by atoms with Crippen molar-refractivity contribution in [2.24, 2.45) is 0 Å². The first-order valence-corrected chi connectivity index (χ1v) is 8.96. The summed E-state index contributed by atoms with van der Waals surface area (Å²) in [6.07, 6.45) is -3.36. The van der Waals surface area contributed by atoms with Crippen molar-refractivity contribution in [2.45, 2.75) is 19.3 Å². The lowest BCUT2D eigenvalue weighted by molar-refractivity contribution is -0.139. The van der Waals surface area contributed by atoms with Crippen molar-refractivity contribution in [3.8, 4) is 11.1 Å². The van der Waals surface area contributed by atoms with Crippen LogP contribution in [0.1, 0.15) is 11.3 Å². The van der Waals surface area contributed by atoms with Crippen LogP contribution in [0.15, 0.2) is 48.7 Å². The van der Waals surface area contributed by atoms with Crippen LogP contribution in [-0.4, -0.2) is 27.3 Å². The molecule has 0 fully saturated rings. The fraction of sp³-hybridized carbons (Fsp3) is 0.200. The van der Waals surface area contributed by atoms with Gasteiger partial charge in [-0.3, -0.25) is 4.68 Å². The molecule has 3 aromatic rings. The van der Waals surface area contributed by atoms with Crippen molar-refractivity contribution >= 4 is 11.7 Å². The first-order valence-electron chi connectivity index (χ1n) is 8.96. The lowest BCUT2D eigenvalue weighted by Gasteiger charge is -2.28. The molecule has 1 aliphatic rings. The van der Waals surface area contributed by atoms with E-state index >= 15 is 0 Å². The van der Waals surface area contributed by atoms with Gasteiger partial charge in [-0.15, -0.1) is 0 Å². The Kier molecular flexibility index (Phi) is 4.92. The minimum atomic E-state index is -4.88. The smallest absolute Gasteiger partial charge is 0.317 e. The molecule has 0 saturated heterocycles. The number of hydrogen-bond acceptors (Lipinski definition) is 2. The van der Waals surface area contributed by atoms with E-state index in [4.69, 9.17) is 0 Å². The van der Waals surface area contributed by atoms with Gasteiger partial charge in [-0.2, -0.15) is 18.3 Å². The number of fused-ring (bicyclic) bond motifs is 1. The van der Waals surface area contributed by atoms with Crippen molar-refractivity contribution in [3.63, 3.8) is 0 Å². The highest BCUT2D eigenvalue weighted by Gasteiger charge is 2.34. The molecule has 0 atom stereocenters. The van der Waals surface area contributed by atoms with Gasteiger partial charge in [0.25, 0.3) is 0 Å². The van der Waals surface area contributed by atoms with Gasteiger partial charge in [0.2, 0.25) is 0 Å². The summed E-state index contributed by atoms with van der Waals surface area (Å²) in [5, 5.41) is 6.59. The molecule has 5 nitrogen and oxygen atoms in total. The topological polar surface area (TPSA) is 50.2 Å². The lowest BCUT2D eigenvalue weighted by Crippen LogP contribution is -2.41. The summed E-state index contributed by atoms with van der Waals surface area (Å²) in [7, 11) is 0. The lowest BCUT2D eigenvalue weighted by atomic mass is 10.0. The number of urea groups is 1. The summed E-state index contributed by atoms with van der Waals surface area (Å²) >= 11 is 0. The predicted octanol–water partition coefficient (Wildman–Crippen LogP) is 4.89. The molecule has 156 valence electrons. The Hall–Kier alpha value is -3.43. The molecule has 2 aromatic carbocycles. The second-order valence-corrected chi connectivity index (χ2v) is 6.75. The van der Waals surface area contributed by atoms with Gasteiger partial charge in [0, 0.05) is 23.4 Å². The van der Waals surface area contributed by atoms with E-state index < -0.39 is 29.4 Å². The first kappa shape index (κ1) is 19.9. The van der Waals surface area contributed by atoms with Crippen LogP contribution in [-0.2, 0) is 19.3 Å². The van der Waals surface area contributed by atoms with Crippen molar-refractivity contribution in [1.82, 2.24) is 14.7 Å². The highest BCUT2D eigenvalue weighted by atomic mass is 19.4. The van der Waals surface area contributed by atoms with Crippen molar-refractivity contribution < 1.29 is 26.7 Å². The average molecular weight is 422 g/mol. The van der Waals surface area contributed by atoms with Gasteiger partial charge >= 0.3 is 12.2 Å². The van der Waals surface area contributed by atoms with Gasteiger partial charge in [-0.05, 0) is 24.3 Å². The second kappa shape index (κ2) is 7.43. The molecule has 1 aliphatic heterocycles. The van der Waals surface area contributed by atoms with Gasteiger partial charge in [-0.1, -0.05) is 18.2 Å². The summed E-state index contributed by atoms with van der Waals surface area (Å²) in [5.74, 6) is -1.85. The maximum absolute atomic E-state index is 14.2. The fourth-order valence-electron chi connectivity index (χ4n) is 3.35. The maximum atomic E-state index is 14.2. The van der Waals surface area contributed by atoms with Crippen molar-refractivity contribution in [3.05, 3.63) is 71.6 Å². The Bertz CT molecular complexity index is 1110. The normalized spacial score (nSPS) is 13.8. The average Bonchev–Trinajstić information content (AvgIpc) is 3.12. The molecule has 0 saturated carbocycles. The zero-order chi connectivity index (χ0) is 21.5. The van der Waals surface area contributed by atoms with Crippen LogP contribution < -0.4 is 5.32 Å². The van der Waals surface area contributed by atoms with Crippen LogP contribution >= 0.6 is 0 Å². The Labute approximate surface area is 167 Å². The molecule has 0 unspecified atom stereocenters. The van der Waals surface area contributed by atoms with Crippen LogP contribution in [0, 0.1) is 11.6 Å². The number of halogens is 5. The molecule has 0 spiro atoms. The first-order chi connectivity index (χ1) is 14.2. The minimum absolute atomic E-state index is 0.0861. The Morgan fingerprint density at radius 1 is 1.00 bits per heavy atom. The van der Waals surface area contributed by atoms with Crippen LogP contribution in [0.3, 0.4) is 0 Å². The zero-order valence-corrected chi connectivity index (χ0v) is 15.4. The van der Waals surface area contributed by atoms with Crippen LogP contribution in [0.5, 0.6) is 0 Å². The summed E-state index contributed by atoms with van der Waals surface area (Å²) in [6.45, 7) is 0.682. The van der Waals surface area contributed by atoms with Crippen LogP contribution in [0.4, 0.5) is 32.4 Å². The molecule has 30 heavy (non-hydrogen) atoms. The minimum Gasteiger partial charge on any atom is -0.317 e. The van der Waals surface area contributed by atoms with Gasteiger partial charge in [0.05, 0.1) is 30.5 Å². The van der Waals surface area contributed by atoms with E-state index in [-0.39, 0.29) is 18.8 Å². The van der Waals surface area contributed by atoms with E-state index in [1.54, 1.807) is 22.9 Å². The molecule has 0 radical (unpaired) electrons. The predicted molar refractivity (Wildman–Crippen MR) is 98.5 cm³/mol. The second-order valence-electron chi connectivity index (χ2n) is 6.75. The van der Waals surface area contributed by atoms with E-state index in [1.807, 2.05) is 0 Å². The SMILES string of the molecule is O=C(Nc1ccc(F)c(C(F)(F)F)c1)N1CCn2ncc(-c3ccccc3F)c2C1. The molecule has 1 aromatic heterocycles. The zero-order valence-electron chi connectivity index (χ0n) is 15.4. The maximum Gasteiger partial charge on any atom is 0.419 e. The number of aromatic nitrogens is 2. The van der Waals surface area contributed by atoms with Crippen LogP contribution in [0.25, 0.3) is 11.1 Å². The van der Waals surface area contributed by atoms with Gasteiger partial charge in [-0.25, -0.2) is 13.6 Å². The number of benzene rings is 2. The number of alkyl halides is 3. The third-order valence-electron chi connectivity index (χ3n) is 4.85. The molecule has 1 N–H and O–H groups in total. The molecule has 0 aliphatic carbocycles. The molecule has 10 heteroatoms. The van der Waals surface area contributed by atoms with Gasteiger partial charge in [0.15, 0.2) is 0 Å². The number of hydrogen-bond donors (Lipinski definition) is 1. The highest BCUT2D eigenvalue weighted by molar-refractivity contribution is 5.89. The molecular formula is C20H15F5N4O. The van der Waals surface area contributed by atoms with E-state index in [9.17, 15) is 26.7 Å². The molecular weight excluding hydrogens is 407 g/mol. The van der Waals surface area contributed by atoms with Gasteiger partial charge < -0.3 is 10.2 Å². The quantitative estimate of drug-likeness (QED) is 0.598. The molecule has 2 amide bonds. The third-order valence-corrected chi connectivity index (χ3v) is 4.85. The summed E-state index contributed by atoms with van der Waals surface area (Å²) in [4.78, 5) is 14.0. The Balaban J connectivity index is 1.55. The molecule has 0 bridgehead atoms. The molecule has 4 rings (SSSR count). The summed E-state index contributed by atoms with van der Waals surface area (Å²) in [5.41, 5.74) is -0.154. The van der Waals surface area contributed by atoms with E-state index in [2.05, 4.69) is 10.4 Å². The number of amides is 2. The number of carbonyl (C=O) groups excluding carboxylic acids is 1. The summed E-state index contributed by atoms with van der Waals surface area (Å²) < 4.78 is 67.9. The third kappa shape index (κ3) is 3.72. The largest absolute Gasteiger partial charge is 0.419 e. The van der Waals surface area contributed by atoms with Crippen LogP contribution in [0.2, 0.25) is 0 Å². The van der Waals surface area contributed by atoms with E-state index in [0.717, 1.165) is 6.07 Å². The molecule has 2 heterocycles. The van der Waals surface area contributed by atoms with Crippen molar-refractivity contribution in [1.29, 1.82) is 0 Å². The number of nitrogens with one attached hydrogen (secondary N) is 1. The highest BCUT2D eigenvalue weighted by Crippen LogP contribution is 2.33. The van der Waals surface area contributed by atoms with E-state index in [1.165, 1.54) is 17.2 Å². The summed E-state index contributed by atoms with van der Waals surface area (Å²) in [6, 6.07) is 7.77. The Morgan fingerprint density at radius 3 is 2.50 bits per heavy atom. The van der Waals surface area contributed by atoms with Crippen molar-refractivity contribution in [2.75, 3.05) is 11.9 Å². The Morgan fingerprint density at radius 2 is 1.77 bits per heavy atom. The monoisotopic (exact) mass is 422 g/mol. The number of rotatable bonds is 2. The number of anilines is 1. The standard InChI is InChI=1S/C20H15F5N4O/c21-16-4-2-1-3-13(16)14-10-26-29-8-7-28(11-18(14)29)19(30)27-12-5-6-17(22)15(9-12)20(23,24)25/h1-6,9-10H,7-8,11H2,(H,27,30). The van der Waals surface area contributed by atoms with E-state index in [0.29, 0.717) is 35.5 Å². The van der Waals surface area contributed by atoms with Gasteiger partial charge in [0.1, 0.15) is 11.6 Å². The fourth-order valence-corrected chi connectivity index (χ4v) is 3.35.